The van der Waals surface area contributed by atoms with Gasteiger partial charge in [0.25, 0.3) is 5.69 Å². The minimum Gasteiger partial charge on any atom is -0.453 e. The van der Waals surface area contributed by atoms with Gasteiger partial charge >= 0.3 is 12.2 Å². The van der Waals surface area contributed by atoms with Crippen LogP contribution < -0.4 is 27.0 Å². The van der Waals surface area contributed by atoms with Crippen LogP contribution in [0.1, 0.15) is 52.6 Å². The fourth-order valence-corrected chi connectivity index (χ4v) is 10.7. The van der Waals surface area contributed by atoms with Crippen molar-refractivity contribution in [3.8, 4) is 19.8 Å². The second-order valence-corrected chi connectivity index (χ2v) is 20.0. The molecule has 0 unspecified atom stereocenters. The molecule has 4 aromatic carbocycles. The number of nitrogen functional groups attached to an aromatic ring is 1. The summed E-state index contributed by atoms with van der Waals surface area (Å²) in [5, 5.41) is 46.6. The smallest absolute Gasteiger partial charge is 0.407 e. The number of ether oxygens (including phenoxy) is 2. The van der Waals surface area contributed by atoms with E-state index in [-0.39, 0.29) is 24.6 Å². The maximum absolute atomic E-state index is 13.5. The summed E-state index contributed by atoms with van der Waals surface area (Å²) in [4.78, 5) is 73.2. The standard InChI is InChI=1S/C26H24N4O5S2.C26H26N4O3S2.C2H6O.CH4O/c1-35-26(32)29-21(15-17-6-3-2-4-7-17)24(31)27-20(14-18-9-11-19(12-10-18)30(33)34)22-16-37-25(28-22)23-8-5-13-36-23;1-33-26(32)30-21(15-17-6-3-2-4-7-17)24(31)28-20(14-18-9-11-19(27)12-10-18)22-16-35-25(29-22)23-8-5-13-34-23;1-2-3;1-2/h2-13,16,20-21H,14-15H2,1H3,(H,27,31)(H,29,32);2-13,16,20-21H,14-15,27H2,1H3,(H,28,31)(H,30,32);3H,2H2,1H3;2H,1H3/t2*20-,21-;;/m11../s1. The Labute approximate surface area is 462 Å². The van der Waals surface area contributed by atoms with Gasteiger partial charge < -0.3 is 46.7 Å². The van der Waals surface area contributed by atoms with Crippen LogP contribution in [0, 0.1) is 10.1 Å². The van der Waals surface area contributed by atoms with Gasteiger partial charge in [-0.3, -0.25) is 19.7 Å². The number of nitro benzene ring substituents is 1. The Morgan fingerprint density at radius 1 is 0.571 bits per heavy atom. The quantitative estimate of drug-likeness (QED) is 0.0226. The van der Waals surface area contributed by atoms with Crippen LogP contribution in [-0.4, -0.2) is 89.1 Å². The summed E-state index contributed by atoms with van der Waals surface area (Å²) < 4.78 is 9.49. The molecule has 0 saturated heterocycles. The summed E-state index contributed by atoms with van der Waals surface area (Å²) in [7, 11) is 3.52. The van der Waals surface area contributed by atoms with E-state index in [0.717, 1.165) is 54.8 Å². The van der Waals surface area contributed by atoms with Crippen molar-refractivity contribution in [3.63, 3.8) is 0 Å². The van der Waals surface area contributed by atoms with Crippen molar-refractivity contribution in [1.29, 1.82) is 0 Å². The summed E-state index contributed by atoms with van der Waals surface area (Å²) in [6, 6.07) is 38.0. The zero-order valence-electron chi connectivity index (χ0n) is 42.6. The molecule has 8 rings (SSSR count). The molecule has 18 nitrogen and oxygen atoms in total. The molecule has 8 aromatic rings. The number of thiophene rings is 2. The van der Waals surface area contributed by atoms with Gasteiger partial charge in [-0.15, -0.1) is 45.3 Å². The van der Waals surface area contributed by atoms with E-state index < -0.39 is 47.2 Å². The number of rotatable bonds is 19. The Morgan fingerprint density at radius 2 is 0.948 bits per heavy atom. The number of aliphatic hydroxyl groups is 2. The number of carbonyl (C=O) groups is 4. The highest BCUT2D eigenvalue weighted by Gasteiger charge is 2.28. The summed E-state index contributed by atoms with van der Waals surface area (Å²) in [6.07, 6.45) is 0.0995. The predicted octanol–water partition coefficient (Wildman–Crippen LogP) is 9.58. The van der Waals surface area contributed by atoms with Crippen LogP contribution in [0.3, 0.4) is 0 Å². The number of aliphatic hydroxyl groups excluding tert-OH is 2. The average Bonchev–Trinajstić information content (AvgIpc) is 4.32. The normalized spacial score (nSPS) is 11.9. The van der Waals surface area contributed by atoms with Gasteiger partial charge in [0.2, 0.25) is 11.8 Å². The molecular formula is C55H60N8O10S4. The van der Waals surface area contributed by atoms with Crippen LogP contribution in [0.25, 0.3) is 19.8 Å². The number of aromatic nitrogens is 2. The summed E-state index contributed by atoms with van der Waals surface area (Å²) in [5.41, 5.74) is 11.5. The number of alkyl carbamates (subject to hydrolysis) is 2. The average molecular weight is 1120 g/mol. The fraction of sp³-hybridized carbons (Fsp3) is 0.236. The molecule has 0 saturated carbocycles. The van der Waals surface area contributed by atoms with Crippen LogP contribution in [0.5, 0.6) is 0 Å². The number of nitrogens with zero attached hydrogens (tertiary/aromatic N) is 3. The van der Waals surface area contributed by atoms with Gasteiger partial charge in [0.15, 0.2) is 0 Å². The summed E-state index contributed by atoms with van der Waals surface area (Å²) >= 11 is 6.21. The number of amides is 4. The van der Waals surface area contributed by atoms with Gasteiger partial charge in [-0.2, -0.15) is 0 Å². The van der Waals surface area contributed by atoms with Crippen molar-refractivity contribution in [1.82, 2.24) is 31.2 Å². The molecular weight excluding hydrogens is 1060 g/mol. The van der Waals surface area contributed by atoms with Crippen LogP contribution in [0.2, 0.25) is 0 Å². The first kappa shape index (κ1) is 60.0. The summed E-state index contributed by atoms with van der Waals surface area (Å²) in [6.45, 7) is 1.93. The molecule has 77 heavy (non-hydrogen) atoms. The molecule has 0 aliphatic heterocycles. The van der Waals surface area contributed by atoms with E-state index in [1.54, 1.807) is 41.7 Å². The second kappa shape index (κ2) is 31.9. The molecule has 4 heterocycles. The van der Waals surface area contributed by atoms with Gasteiger partial charge in [-0.1, -0.05) is 97.1 Å². The molecule has 0 spiro atoms. The number of nitrogens with one attached hydrogen (secondary N) is 4. The molecule has 4 atom stereocenters. The highest BCUT2D eigenvalue weighted by atomic mass is 32.1. The summed E-state index contributed by atoms with van der Waals surface area (Å²) in [5.74, 6) is -0.711. The monoisotopic (exact) mass is 1120 g/mol. The van der Waals surface area contributed by atoms with Crippen molar-refractivity contribution in [2.45, 2.75) is 56.8 Å². The number of thiazole rings is 2. The van der Waals surface area contributed by atoms with Gasteiger partial charge in [-0.25, -0.2) is 19.6 Å². The molecule has 4 amide bonds. The van der Waals surface area contributed by atoms with E-state index in [1.165, 1.54) is 49.0 Å². The van der Waals surface area contributed by atoms with Crippen LogP contribution in [-0.2, 0) is 44.7 Å². The number of methoxy groups -OCH3 is 2. The van der Waals surface area contributed by atoms with E-state index in [9.17, 15) is 29.3 Å². The Morgan fingerprint density at radius 3 is 1.30 bits per heavy atom. The zero-order valence-corrected chi connectivity index (χ0v) is 45.8. The number of benzene rings is 4. The third-order valence-corrected chi connectivity index (χ3v) is 14.8. The molecule has 4 aromatic heterocycles. The fourth-order valence-electron chi connectivity index (χ4n) is 7.32. The maximum Gasteiger partial charge on any atom is 0.407 e. The highest BCUT2D eigenvalue weighted by Crippen LogP contribution is 2.32. The van der Waals surface area contributed by atoms with E-state index in [1.807, 2.05) is 131 Å². The van der Waals surface area contributed by atoms with Crippen LogP contribution in [0.15, 0.2) is 155 Å². The number of hydrogen-bond acceptors (Lipinski definition) is 17. The van der Waals surface area contributed by atoms with E-state index >= 15 is 0 Å². The minimum atomic E-state index is -0.885. The number of nitrogens with two attached hydrogens (primary N) is 1. The lowest BCUT2D eigenvalue weighted by Gasteiger charge is -2.23. The van der Waals surface area contributed by atoms with Crippen molar-refractivity contribution >= 4 is 80.7 Å². The van der Waals surface area contributed by atoms with Crippen molar-refractivity contribution in [3.05, 3.63) is 199 Å². The maximum atomic E-state index is 13.5. The molecule has 0 aliphatic carbocycles. The third kappa shape index (κ3) is 19.3. The third-order valence-electron chi connectivity index (χ3n) is 11.0. The molecule has 0 fully saturated rings. The number of nitro groups is 1. The minimum absolute atomic E-state index is 0.0109. The lowest BCUT2D eigenvalue weighted by molar-refractivity contribution is -0.384. The second-order valence-electron chi connectivity index (χ2n) is 16.4. The first-order chi connectivity index (χ1) is 37.3. The Balaban J connectivity index is 0.000000263. The number of anilines is 1. The lowest BCUT2D eigenvalue weighted by atomic mass is 10.0. The van der Waals surface area contributed by atoms with E-state index in [2.05, 4.69) is 21.3 Å². The topological polar surface area (TPSA) is 270 Å². The zero-order chi connectivity index (χ0) is 55.5. The molecule has 0 aliphatic rings. The van der Waals surface area contributed by atoms with E-state index in [4.69, 9.17) is 35.4 Å². The first-order valence-electron chi connectivity index (χ1n) is 23.9. The van der Waals surface area contributed by atoms with E-state index in [0.29, 0.717) is 30.6 Å². The van der Waals surface area contributed by atoms with Gasteiger partial charge in [-0.05, 0) is 77.0 Å². The Kier molecular flexibility index (Phi) is 24.9. The Hall–Kier alpha value is -7.86. The Bertz CT molecular complexity index is 3020. The SMILES string of the molecule is CCO.CO.COC(=O)N[C@H](Cc1ccccc1)C(=O)N[C@H](Cc1ccc(N)cc1)c1csc(-c2cccs2)n1.COC(=O)N[C@H](Cc1ccccc1)C(=O)N[C@H](Cc1ccc([N+](=O)[O-])cc1)c1csc(-c2cccs2)n1. The van der Waals surface area contributed by atoms with Gasteiger partial charge in [0.05, 0.1) is 52.4 Å². The van der Waals surface area contributed by atoms with Gasteiger partial charge in [0, 0.05) is 55.1 Å². The van der Waals surface area contributed by atoms with Crippen molar-refractivity contribution < 1.29 is 43.8 Å². The van der Waals surface area contributed by atoms with Crippen molar-refractivity contribution in [2.24, 2.45) is 0 Å². The van der Waals surface area contributed by atoms with Crippen LogP contribution >= 0.6 is 45.3 Å². The number of non-ortho nitro benzene ring substituents is 1. The molecule has 404 valence electrons. The van der Waals surface area contributed by atoms with Crippen molar-refractivity contribution in [2.75, 3.05) is 33.7 Å². The molecule has 0 radical (unpaired) electrons. The first-order valence-corrected chi connectivity index (χ1v) is 27.4. The molecule has 22 heteroatoms. The van der Waals surface area contributed by atoms with Gasteiger partial charge in [0.1, 0.15) is 22.1 Å². The molecule has 0 bridgehead atoms. The highest BCUT2D eigenvalue weighted by molar-refractivity contribution is 7.20. The number of carbonyl (C=O) groups excluding carboxylic acids is 4. The number of hydrogen-bond donors (Lipinski definition) is 7. The predicted molar refractivity (Wildman–Crippen MR) is 304 cm³/mol. The molecule has 8 N–H and O–H groups in total. The van der Waals surface area contributed by atoms with Crippen LogP contribution in [0.4, 0.5) is 21.0 Å². The lowest BCUT2D eigenvalue weighted by Crippen LogP contribution is -2.49. The largest absolute Gasteiger partial charge is 0.453 e.